The molecule has 1 N–H and O–H groups in total. The van der Waals surface area contributed by atoms with Gasteiger partial charge in [-0.15, -0.1) is 11.6 Å². The molecule has 0 amide bonds. The van der Waals surface area contributed by atoms with Crippen molar-refractivity contribution >= 4 is 44.8 Å². The van der Waals surface area contributed by atoms with Crippen molar-refractivity contribution in [2.24, 2.45) is 0 Å². The predicted molar refractivity (Wildman–Crippen MR) is 83.9 cm³/mol. The molecule has 120 valence electrons. The van der Waals surface area contributed by atoms with E-state index in [0.29, 0.717) is 10.6 Å². The van der Waals surface area contributed by atoms with Crippen LogP contribution in [0.2, 0.25) is 10.0 Å². The molecule has 0 radical (unpaired) electrons. The molecule has 9 heteroatoms. The Kier molecular flexibility index (Phi) is 7.70. The van der Waals surface area contributed by atoms with Gasteiger partial charge in [0.05, 0.1) is 23.6 Å². The summed E-state index contributed by atoms with van der Waals surface area (Å²) in [4.78, 5) is -0.0727. The van der Waals surface area contributed by atoms with Gasteiger partial charge in [0.2, 0.25) is 10.0 Å². The third kappa shape index (κ3) is 4.96. The molecule has 0 aliphatic rings. The normalized spacial score (nSPS) is 13.4. The van der Waals surface area contributed by atoms with E-state index in [2.05, 4.69) is 4.72 Å². The van der Waals surface area contributed by atoms with E-state index < -0.39 is 16.1 Å². The molecule has 0 heterocycles. The number of ether oxygens (including phenoxy) is 2. The highest BCUT2D eigenvalue weighted by Gasteiger charge is 2.22. The number of alkyl halides is 1. The Morgan fingerprint density at radius 2 is 1.95 bits per heavy atom. The van der Waals surface area contributed by atoms with Crippen LogP contribution in [-0.4, -0.2) is 41.9 Å². The number of benzene rings is 1. The number of sulfonamides is 1. The molecule has 21 heavy (non-hydrogen) atoms. The highest BCUT2D eigenvalue weighted by atomic mass is 35.5. The molecular weight excluding hydrogens is 361 g/mol. The zero-order valence-electron chi connectivity index (χ0n) is 11.5. The molecule has 1 aromatic rings. The van der Waals surface area contributed by atoms with E-state index in [1.807, 2.05) is 0 Å². The van der Waals surface area contributed by atoms with Crippen LogP contribution in [-0.2, 0) is 25.4 Å². The molecule has 0 spiro atoms. The number of hydrogen-bond donors (Lipinski definition) is 1. The van der Waals surface area contributed by atoms with Crippen molar-refractivity contribution in [2.45, 2.75) is 16.9 Å². The van der Waals surface area contributed by atoms with Crippen LogP contribution in [0.1, 0.15) is 5.56 Å². The second-order valence-electron chi connectivity index (χ2n) is 4.14. The smallest absolute Gasteiger partial charge is 0.242 e. The predicted octanol–water partition coefficient (Wildman–Crippen LogP) is 2.67. The molecule has 1 aromatic carbocycles. The molecule has 0 aliphatic heterocycles. The van der Waals surface area contributed by atoms with Crippen LogP contribution in [0.3, 0.4) is 0 Å². The monoisotopic (exact) mass is 375 g/mol. The van der Waals surface area contributed by atoms with Gasteiger partial charge in [-0.05, 0) is 12.1 Å². The number of rotatable bonds is 8. The molecule has 5 nitrogen and oxygen atoms in total. The first-order valence-electron chi connectivity index (χ1n) is 5.91. The highest BCUT2D eigenvalue weighted by molar-refractivity contribution is 7.89. The Balaban J connectivity index is 2.98. The summed E-state index contributed by atoms with van der Waals surface area (Å²) >= 11 is 17.7. The van der Waals surface area contributed by atoms with Crippen LogP contribution in [0, 0.1) is 0 Å². The molecule has 0 aliphatic carbocycles. The lowest BCUT2D eigenvalue weighted by molar-refractivity contribution is 0.0320. The van der Waals surface area contributed by atoms with Crippen molar-refractivity contribution in [1.82, 2.24) is 4.72 Å². The van der Waals surface area contributed by atoms with E-state index in [9.17, 15) is 8.42 Å². The highest BCUT2D eigenvalue weighted by Crippen LogP contribution is 2.32. The topological polar surface area (TPSA) is 64.6 Å². The standard InChI is InChI=1S/C12H16Cl3NO4S/c1-19-7-8(20-2)6-16-21(17,18)11-4-3-10(14)9(5-13)12(11)15/h3-4,8,16H,5-7H2,1-2H3. The van der Waals surface area contributed by atoms with Gasteiger partial charge in [-0.2, -0.15) is 0 Å². The second-order valence-corrected chi connectivity index (χ2v) is 6.92. The first-order valence-corrected chi connectivity index (χ1v) is 8.69. The van der Waals surface area contributed by atoms with Crippen molar-refractivity contribution in [1.29, 1.82) is 0 Å². The number of methoxy groups -OCH3 is 2. The minimum Gasteiger partial charge on any atom is -0.382 e. The maximum atomic E-state index is 12.3. The SMILES string of the molecule is COCC(CNS(=O)(=O)c1ccc(Cl)c(CCl)c1Cl)OC. The Morgan fingerprint density at radius 3 is 2.48 bits per heavy atom. The lowest BCUT2D eigenvalue weighted by Gasteiger charge is -2.16. The molecule has 1 rings (SSSR count). The maximum absolute atomic E-state index is 12.3. The van der Waals surface area contributed by atoms with Gasteiger partial charge in [0, 0.05) is 31.4 Å². The first kappa shape index (κ1) is 19.0. The van der Waals surface area contributed by atoms with Gasteiger partial charge in [-0.25, -0.2) is 13.1 Å². The van der Waals surface area contributed by atoms with Gasteiger partial charge in [-0.3, -0.25) is 0 Å². The van der Waals surface area contributed by atoms with Crippen LogP contribution in [0.5, 0.6) is 0 Å². The number of hydrogen-bond acceptors (Lipinski definition) is 4. The van der Waals surface area contributed by atoms with E-state index in [0.717, 1.165) is 0 Å². The lowest BCUT2D eigenvalue weighted by Crippen LogP contribution is -2.35. The van der Waals surface area contributed by atoms with Crippen LogP contribution in [0.4, 0.5) is 0 Å². The maximum Gasteiger partial charge on any atom is 0.242 e. The van der Waals surface area contributed by atoms with Crippen LogP contribution >= 0.6 is 34.8 Å². The quantitative estimate of drug-likeness (QED) is 0.709. The number of nitrogens with one attached hydrogen (secondary N) is 1. The van der Waals surface area contributed by atoms with E-state index in [-0.39, 0.29) is 28.9 Å². The fourth-order valence-corrected chi connectivity index (χ4v) is 3.97. The van der Waals surface area contributed by atoms with Gasteiger partial charge < -0.3 is 9.47 Å². The summed E-state index contributed by atoms with van der Waals surface area (Å²) in [7, 11) is -0.824. The summed E-state index contributed by atoms with van der Waals surface area (Å²) in [6.45, 7) is 0.322. The van der Waals surface area contributed by atoms with E-state index in [1.165, 1.54) is 26.4 Å². The van der Waals surface area contributed by atoms with Gasteiger partial charge in [0.25, 0.3) is 0 Å². The number of halogens is 3. The Labute approximate surface area is 139 Å². The molecule has 0 saturated carbocycles. The van der Waals surface area contributed by atoms with Crippen molar-refractivity contribution in [3.8, 4) is 0 Å². The third-order valence-electron chi connectivity index (χ3n) is 2.76. The fraction of sp³-hybridized carbons (Fsp3) is 0.500. The largest absolute Gasteiger partial charge is 0.382 e. The molecule has 1 unspecified atom stereocenters. The lowest BCUT2D eigenvalue weighted by atomic mass is 10.2. The summed E-state index contributed by atoms with van der Waals surface area (Å²) in [6, 6.07) is 2.78. The van der Waals surface area contributed by atoms with Crippen molar-refractivity contribution in [2.75, 3.05) is 27.4 Å². The first-order chi connectivity index (χ1) is 9.87. The second kappa shape index (κ2) is 8.53. The molecule has 1 atom stereocenters. The third-order valence-corrected chi connectivity index (χ3v) is 5.39. The summed E-state index contributed by atoms with van der Waals surface area (Å²) < 4.78 is 37.0. The Hall–Kier alpha value is -0.0800. The van der Waals surface area contributed by atoms with E-state index in [1.54, 1.807) is 0 Å². The van der Waals surface area contributed by atoms with Crippen molar-refractivity contribution in [3.05, 3.63) is 27.7 Å². The van der Waals surface area contributed by atoms with Gasteiger partial charge in [0.1, 0.15) is 4.90 Å². The summed E-state index contributed by atoms with van der Waals surface area (Å²) in [5, 5.41) is 0.341. The van der Waals surface area contributed by atoms with Gasteiger partial charge in [-0.1, -0.05) is 23.2 Å². The Bertz CT molecular complexity index is 580. The van der Waals surface area contributed by atoms with E-state index in [4.69, 9.17) is 44.3 Å². The molecule has 0 bridgehead atoms. The summed E-state index contributed by atoms with van der Waals surface area (Å²) in [6.07, 6.45) is -0.400. The Morgan fingerprint density at radius 1 is 1.29 bits per heavy atom. The molecular formula is C12H16Cl3NO4S. The molecule has 0 saturated heterocycles. The zero-order chi connectivity index (χ0) is 16.0. The van der Waals surface area contributed by atoms with Crippen molar-refractivity contribution < 1.29 is 17.9 Å². The van der Waals surface area contributed by atoms with Gasteiger partial charge >= 0.3 is 0 Å². The zero-order valence-corrected chi connectivity index (χ0v) is 14.6. The fourth-order valence-electron chi connectivity index (χ4n) is 1.58. The van der Waals surface area contributed by atoms with Gasteiger partial charge in [0.15, 0.2) is 0 Å². The molecule has 0 aromatic heterocycles. The van der Waals surface area contributed by atoms with Crippen LogP contribution in [0.25, 0.3) is 0 Å². The minimum absolute atomic E-state index is 0.0192. The molecule has 0 fully saturated rings. The average Bonchev–Trinajstić information content (AvgIpc) is 2.43. The van der Waals surface area contributed by atoms with Crippen molar-refractivity contribution in [3.63, 3.8) is 0 Å². The van der Waals surface area contributed by atoms with Crippen LogP contribution in [0.15, 0.2) is 17.0 Å². The average molecular weight is 377 g/mol. The van der Waals surface area contributed by atoms with Crippen LogP contribution < -0.4 is 4.72 Å². The van der Waals surface area contributed by atoms with E-state index >= 15 is 0 Å². The summed E-state index contributed by atoms with van der Waals surface area (Å²) in [5.41, 5.74) is 0.378. The minimum atomic E-state index is -3.80. The summed E-state index contributed by atoms with van der Waals surface area (Å²) in [5.74, 6) is 0.0192.